The maximum Gasteiger partial charge on any atom is 0.255 e. The molecular weight excluding hydrogens is 446 g/mol. The molecule has 3 heterocycles. The van der Waals surface area contributed by atoms with Crippen LogP contribution in [0.25, 0.3) is 21.5 Å². The minimum atomic E-state index is -0.192. The molecule has 0 aliphatic carbocycles. The third-order valence-corrected chi connectivity index (χ3v) is 9.13. The summed E-state index contributed by atoms with van der Waals surface area (Å²) in [4.78, 5) is 34.0. The maximum atomic E-state index is 13.9. The first-order valence-corrected chi connectivity index (χ1v) is 13.8. The molecule has 6 rings (SSSR count). The molecule has 3 saturated heterocycles. The van der Waals surface area contributed by atoms with Gasteiger partial charge in [0.25, 0.3) is 5.91 Å². The average Bonchev–Trinajstić information content (AvgIpc) is 3.14. The first kappa shape index (κ1) is 23.5. The lowest BCUT2D eigenvalue weighted by Crippen LogP contribution is -2.54. The number of fused-ring (bicyclic) bond motifs is 2. The molecule has 2 amide bonds. The highest BCUT2D eigenvalue weighted by Crippen LogP contribution is 2.44. The van der Waals surface area contributed by atoms with E-state index in [0.717, 1.165) is 91.9 Å². The zero-order valence-corrected chi connectivity index (χ0v) is 21.6. The van der Waals surface area contributed by atoms with Gasteiger partial charge in [-0.2, -0.15) is 0 Å². The van der Waals surface area contributed by atoms with Crippen LogP contribution in [-0.4, -0.2) is 71.3 Å². The van der Waals surface area contributed by atoms with Crippen LogP contribution in [0, 0.1) is 5.41 Å². The fourth-order valence-electron chi connectivity index (χ4n) is 7.38. The summed E-state index contributed by atoms with van der Waals surface area (Å²) >= 11 is 0. The Morgan fingerprint density at radius 2 is 1.61 bits per heavy atom. The van der Waals surface area contributed by atoms with Gasteiger partial charge in [-0.3, -0.25) is 14.5 Å². The van der Waals surface area contributed by atoms with Crippen LogP contribution in [0.15, 0.2) is 54.6 Å². The number of rotatable bonds is 3. The average molecular weight is 484 g/mol. The van der Waals surface area contributed by atoms with Gasteiger partial charge in [-0.15, -0.1) is 0 Å². The maximum absolute atomic E-state index is 13.9. The molecule has 0 bridgehead atoms. The second-order valence-electron chi connectivity index (χ2n) is 11.2. The molecule has 5 nitrogen and oxygen atoms in total. The molecule has 188 valence electrons. The van der Waals surface area contributed by atoms with E-state index in [9.17, 15) is 9.59 Å². The number of hydrogen-bond acceptors (Lipinski definition) is 3. The number of carbonyl (C=O) groups is 2. The van der Waals surface area contributed by atoms with Crippen molar-refractivity contribution in [1.82, 2.24) is 14.7 Å². The van der Waals surface area contributed by atoms with Crippen molar-refractivity contribution in [3.63, 3.8) is 0 Å². The Hall–Kier alpha value is -2.92. The second kappa shape index (κ2) is 9.19. The van der Waals surface area contributed by atoms with Gasteiger partial charge < -0.3 is 9.80 Å². The largest absolute Gasteiger partial charge is 0.340 e. The van der Waals surface area contributed by atoms with Gasteiger partial charge in [0, 0.05) is 38.3 Å². The smallest absolute Gasteiger partial charge is 0.255 e. The first-order chi connectivity index (χ1) is 17.5. The van der Waals surface area contributed by atoms with Crippen LogP contribution >= 0.6 is 0 Å². The number of piperidine rings is 2. The summed E-state index contributed by atoms with van der Waals surface area (Å²) in [6.07, 6.45) is 5.06. The van der Waals surface area contributed by atoms with Crippen LogP contribution in [0.1, 0.15) is 56.3 Å². The van der Waals surface area contributed by atoms with Gasteiger partial charge in [0.1, 0.15) is 0 Å². The molecule has 5 heteroatoms. The summed E-state index contributed by atoms with van der Waals surface area (Å²) in [6, 6.07) is 19.5. The summed E-state index contributed by atoms with van der Waals surface area (Å²) in [7, 11) is 0. The Balaban J connectivity index is 1.20. The van der Waals surface area contributed by atoms with Crippen molar-refractivity contribution in [3.8, 4) is 0 Å². The Kier molecular flexibility index (Phi) is 5.99. The number of nitrogens with zero attached hydrogens (tertiary/aromatic N) is 3. The number of amides is 2. The van der Waals surface area contributed by atoms with Crippen molar-refractivity contribution in [2.75, 3.05) is 32.7 Å². The van der Waals surface area contributed by atoms with Crippen LogP contribution in [0.5, 0.6) is 0 Å². The van der Waals surface area contributed by atoms with Crippen molar-refractivity contribution < 1.29 is 9.59 Å². The summed E-state index contributed by atoms with van der Waals surface area (Å²) < 4.78 is 0. The van der Waals surface area contributed by atoms with Crippen molar-refractivity contribution in [1.29, 1.82) is 0 Å². The molecule has 3 aliphatic heterocycles. The minimum absolute atomic E-state index is 0.148. The highest BCUT2D eigenvalue weighted by Gasteiger charge is 2.52. The van der Waals surface area contributed by atoms with Crippen molar-refractivity contribution in [3.05, 3.63) is 60.2 Å². The van der Waals surface area contributed by atoms with E-state index in [2.05, 4.69) is 58.9 Å². The highest BCUT2D eigenvalue weighted by molar-refractivity contribution is 6.18. The van der Waals surface area contributed by atoms with E-state index in [1.165, 1.54) is 0 Å². The molecule has 3 fully saturated rings. The third-order valence-electron chi connectivity index (χ3n) is 9.13. The lowest BCUT2D eigenvalue weighted by molar-refractivity contribution is -0.139. The topological polar surface area (TPSA) is 43.9 Å². The number of hydrogen-bond donors (Lipinski definition) is 0. The number of carbonyl (C=O) groups excluding carboxylic acids is 2. The lowest BCUT2D eigenvalue weighted by Gasteiger charge is -2.45. The standard InChI is InChI=1S/C31H37N3O2/c1-3-34-22(2)20-31(30(34)36)15-8-16-33(21-31)25-13-17-32(18-14-25)29(35)28-26-11-6-4-9-23(26)19-24-10-5-7-12-27(24)28/h4-7,9-12,19,22,25H,3,8,13-18,20-21H2,1-2H3. The molecule has 1 spiro atoms. The molecule has 0 N–H and O–H groups in total. The molecule has 0 saturated carbocycles. The van der Waals surface area contributed by atoms with Crippen LogP contribution in [0.4, 0.5) is 0 Å². The quantitative estimate of drug-likeness (QED) is 0.474. The zero-order chi connectivity index (χ0) is 24.9. The predicted octanol–water partition coefficient (Wildman–Crippen LogP) is 5.32. The normalized spacial score (nSPS) is 25.9. The fraction of sp³-hybridized carbons (Fsp3) is 0.484. The van der Waals surface area contributed by atoms with Gasteiger partial charge in [-0.1, -0.05) is 48.5 Å². The third kappa shape index (κ3) is 3.80. The summed E-state index contributed by atoms with van der Waals surface area (Å²) in [5.41, 5.74) is 0.645. The number of benzene rings is 3. The van der Waals surface area contributed by atoms with Crippen LogP contribution in [0.3, 0.4) is 0 Å². The van der Waals surface area contributed by atoms with E-state index >= 15 is 0 Å². The van der Waals surface area contributed by atoms with Gasteiger partial charge >= 0.3 is 0 Å². The fourth-order valence-corrected chi connectivity index (χ4v) is 7.38. The SMILES string of the molecule is CCN1C(=O)C2(CCCN(C3CCN(C(=O)c4c5ccccc5cc5ccccc45)CC3)C2)CC1C. The molecule has 0 aromatic heterocycles. The van der Waals surface area contributed by atoms with Gasteiger partial charge in [0.05, 0.1) is 11.0 Å². The lowest BCUT2D eigenvalue weighted by atomic mass is 9.76. The molecule has 36 heavy (non-hydrogen) atoms. The van der Waals surface area contributed by atoms with Gasteiger partial charge in [-0.25, -0.2) is 0 Å². The van der Waals surface area contributed by atoms with E-state index in [0.29, 0.717) is 18.0 Å². The molecule has 0 radical (unpaired) electrons. The van der Waals surface area contributed by atoms with Crippen LogP contribution in [0.2, 0.25) is 0 Å². The van der Waals surface area contributed by atoms with Crippen LogP contribution in [-0.2, 0) is 4.79 Å². The van der Waals surface area contributed by atoms with E-state index in [1.807, 2.05) is 24.3 Å². The van der Waals surface area contributed by atoms with Crippen LogP contribution < -0.4 is 0 Å². The van der Waals surface area contributed by atoms with Crippen molar-refractivity contribution in [2.45, 2.75) is 58.0 Å². The molecule has 3 aromatic carbocycles. The van der Waals surface area contributed by atoms with Gasteiger partial charge in [-0.05, 0) is 80.1 Å². The van der Waals surface area contributed by atoms with Crippen molar-refractivity contribution in [2.24, 2.45) is 5.41 Å². The van der Waals surface area contributed by atoms with E-state index < -0.39 is 0 Å². The zero-order valence-electron chi connectivity index (χ0n) is 21.6. The summed E-state index contributed by atoms with van der Waals surface area (Å²) in [5, 5.41) is 4.31. The van der Waals surface area contributed by atoms with E-state index in [-0.39, 0.29) is 11.3 Å². The molecule has 2 unspecified atom stereocenters. The van der Waals surface area contributed by atoms with Crippen molar-refractivity contribution >= 4 is 33.4 Å². The predicted molar refractivity (Wildman–Crippen MR) is 145 cm³/mol. The summed E-state index contributed by atoms with van der Waals surface area (Å²) in [6.45, 7) is 8.62. The molecule has 2 atom stereocenters. The van der Waals surface area contributed by atoms with E-state index in [4.69, 9.17) is 0 Å². The van der Waals surface area contributed by atoms with Gasteiger partial charge in [0.15, 0.2) is 0 Å². The molecular formula is C31H37N3O2. The Bertz CT molecular complexity index is 1260. The molecule has 3 aliphatic rings. The van der Waals surface area contributed by atoms with E-state index in [1.54, 1.807) is 0 Å². The second-order valence-corrected chi connectivity index (χ2v) is 11.2. The summed E-state index contributed by atoms with van der Waals surface area (Å²) in [5.74, 6) is 0.521. The minimum Gasteiger partial charge on any atom is -0.340 e. The molecule has 3 aromatic rings. The monoisotopic (exact) mass is 483 g/mol. The highest BCUT2D eigenvalue weighted by atomic mass is 16.2. The number of likely N-dealkylation sites (tertiary alicyclic amines) is 3. The first-order valence-electron chi connectivity index (χ1n) is 13.8. The van der Waals surface area contributed by atoms with Gasteiger partial charge in [0.2, 0.25) is 5.91 Å². The Labute approximate surface area is 214 Å². The Morgan fingerprint density at radius 1 is 0.972 bits per heavy atom. The Morgan fingerprint density at radius 3 is 2.22 bits per heavy atom.